The van der Waals surface area contributed by atoms with Crippen LogP contribution in [0.2, 0.25) is 0 Å². The minimum Gasteiger partial charge on any atom is -0.443 e. The number of fused-ring (bicyclic) bond motifs is 1. The Bertz CT molecular complexity index is 887. The molecule has 4 rings (SSSR count). The molecule has 2 aliphatic heterocycles. The number of cyclic esters (lactones) is 1. The molecule has 2 heterocycles. The highest BCUT2D eigenvalue weighted by Gasteiger charge is 2.55. The molecule has 0 saturated carbocycles. The summed E-state index contributed by atoms with van der Waals surface area (Å²) < 4.78 is 6.71. The third kappa shape index (κ3) is 3.18. The summed E-state index contributed by atoms with van der Waals surface area (Å²) in [5.74, 6) is -0.0185. The molecule has 148 valence electrons. The predicted molar refractivity (Wildman–Crippen MR) is 112 cm³/mol. The fourth-order valence-electron chi connectivity index (χ4n) is 4.81. The number of hydrogen-bond donors (Lipinski definition) is 2. The molecule has 0 bridgehead atoms. The van der Waals surface area contributed by atoms with Crippen LogP contribution in [0.5, 0.6) is 0 Å². The third-order valence-electron chi connectivity index (χ3n) is 6.06. The number of benzene rings is 2. The normalized spacial score (nSPS) is 27.2. The molecule has 0 spiro atoms. The zero-order valence-electron chi connectivity index (χ0n) is 16.0. The SMILES string of the molecule is CC1(C)OC(=O)N2[C@H](CC[C@@H]2[C@H](O)c2ccccc2)C1c1ccc(N)c(Br)c1. The summed E-state index contributed by atoms with van der Waals surface area (Å²) in [5.41, 5.74) is 7.88. The van der Waals surface area contributed by atoms with Gasteiger partial charge in [0.15, 0.2) is 0 Å². The van der Waals surface area contributed by atoms with Crippen LogP contribution in [0.3, 0.4) is 0 Å². The Labute approximate surface area is 173 Å². The first kappa shape index (κ1) is 19.3. The molecule has 4 atom stereocenters. The lowest BCUT2D eigenvalue weighted by Gasteiger charge is -2.48. The van der Waals surface area contributed by atoms with Gasteiger partial charge in [0.25, 0.3) is 0 Å². The lowest BCUT2D eigenvalue weighted by Crippen LogP contribution is -2.58. The second kappa shape index (κ2) is 7.08. The van der Waals surface area contributed by atoms with Crippen molar-refractivity contribution in [2.24, 2.45) is 0 Å². The summed E-state index contributed by atoms with van der Waals surface area (Å²) in [5, 5.41) is 11.0. The topological polar surface area (TPSA) is 75.8 Å². The molecule has 0 aromatic heterocycles. The Morgan fingerprint density at radius 3 is 2.61 bits per heavy atom. The van der Waals surface area contributed by atoms with Crippen molar-refractivity contribution in [3.63, 3.8) is 0 Å². The van der Waals surface area contributed by atoms with Gasteiger partial charge in [0.1, 0.15) is 5.60 Å². The van der Waals surface area contributed by atoms with E-state index >= 15 is 0 Å². The molecular formula is C22H25BrN2O3. The van der Waals surface area contributed by atoms with E-state index in [-0.39, 0.29) is 24.1 Å². The second-order valence-corrected chi connectivity index (χ2v) is 9.06. The molecular weight excluding hydrogens is 420 g/mol. The molecule has 2 aromatic carbocycles. The van der Waals surface area contributed by atoms with Crippen LogP contribution >= 0.6 is 15.9 Å². The van der Waals surface area contributed by atoms with E-state index in [0.29, 0.717) is 5.69 Å². The van der Waals surface area contributed by atoms with Gasteiger partial charge in [-0.15, -0.1) is 0 Å². The number of carbonyl (C=O) groups is 1. The number of rotatable bonds is 3. The molecule has 1 amide bonds. The minimum atomic E-state index is -0.737. The van der Waals surface area contributed by atoms with E-state index in [9.17, 15) is 9.90 Å². The maximum atomic E-state index is 12.9. The van der Waals surface area contributed by atoms with Crippen molar-refractivity contribution >= 4 is 27.7 Å². The van der Waals surface area contributed by atoms with Crippen molar-refractivity contribution in [3.05, 3.63) is 64.1 Å². The quantitative estimate of drug-likeness (QED) is 0.677. The number of nitrogens with zero attached hydrogens (tertiary/aromatic N) is 1. The Hall–Kier alpha value is -2.05. The highest BCUT2D eigenvalue weighted by atomic mass is 79.9. The number of aliphatic hydroxyl groups is 1. The summed E-state index contributed by atoms with van der Waals surface area (Å²) in [6, 6.07) is 15.1. The van der Waals surface area contributed by atoms with Gasteiger partial charge in [-0.1, -0.05) is 36.4 Å². The number of ether oxygens (including phenoxy) is 1. The van der Waals surface area contributed by atoms with E-state index in [1.807, 2.05) is 62.4 Å². The largest absolute Gasteiger partial charge is 0.443 e. The number of nitrogen functional groups attached to an aromatic ring is 1. The number of amides is 1. The number of anilines is 1. The van der Waals surface area contributed by atoms with Crippen LogP contribution in [0.1, 0.15) is 49.8 Å². The van der Waals surface area contributed by atoms with Crippen LogP contribution in [-0.4, -0.2) is 33.8 Å². The second-order valence-electron chi connectivity index (χ2n) is 8.20. The average Bonchev–Trinajstić information content (AvgIpc) is 3.09. The van der Waals surface area contributed by atoms with Gasteiger partial charge in [0.05, 0.1) is 12.1 Å². The Morgan fingerprint density at radius 1 is 1.21 bits per heavy atom. The monoisotopic (exact) mass is 444 g/mol. The van der Waals surface area contributed by atoms with Crippen molar-refractivity contribution in [1.82, 2.24) is 4.90 Å². The van der Waals surface area contributed by atoms with Crippen LogP contribution in [-0.2, 0) is 4.74 Å². The third-order valence-corrected chi connectivity index (χ3v) is 6.74. The lowest BCUT2D eigenvalue weighted by atomic mass is 9.77. The number of carbonyl (C=O) groups excluding carboxylic acids is 1. The molecule has 3 N–H and O–H groups in total. The number of nitrogens with two attached hydrogens (primary N) is 1. The first-order valence-corrected chi connectivity index (χ1v) is 10.4. The number of halogens is 1. The van der Waals surface area contributed by atoms with E-state index in [4.69, 9.17) is 10.5 Å². The van der Waals surface area contributed by atoms with Gasteiger partial charge in [0.2, 0.25) is 0 Å². The summed E-state index contributed by atoms with van der Waals surface area (Å²) >= 11 is 3.51. The highest BCUT2D eigenvalue weighted by Crippen LogP contribution is 2.49. The summed E-state index contributed by atoms with van der Waals surface area (Å²) in [7, 11) is 0. The molecule has 0 radical (unpaired) electrons. The number of hydrogen-bond acceptors (Lipinski definition) is 4. The Morgan fingerprint density at radius 2 is 1.93 bits per heavy atom. The first-order chi connectivity index (χ1) is 13.3. The maximum absolute atomic E-state index is 12.9. The van der Waals surface area contributed by atoms with Crippen LogP contribution in [0, 0.1) is 0 Å². The smallest absolute Gasteiger partial charge is 0.410 e. The zero-order chi connectivity index (χ0) is 20.1. The maximum Gasteiger partial charge on any atom is 0.410 e. The van der Waals surface area contributed by atoms with Crippen molar-refractivity contribution in [3.8, 4) is 0 Å². The Balaban J connectivity index is 1.70. The average molecular weight is 445 g/mol. The fraction of sp³-hybridized carbons (Fsp3) is 0.409. The molecule has 28 heavy (non-hydrogen) atoms. The van der Waals surface area contributed by atoms with Gasteiger partial charge in [-0.3, -0.25) is 4.90 Å². The molecule has 1 unspecified atom stereocenters. The van der Waals surface area contributed by atoms with Gasteiger partial charge in [-0.05, 0) is 65.9 Å². The van der Waals surface area contributed by atoms with E-state index in [1.165, 1.54) is 0 Å². The van der Waals surface area contributed by atoms with Crippen LogP contribution < -0.4 is 5.73 Å². The van der Waals surface area contributed by atoms with E-state index in [2.05, 4.69) is 15.9 Å². The molecule has 5 nitrogen and oxygen atoms in total. The van der Waals surface area contributed by atoms with Crippen molar-refractivity contribution < 1.29 is 14.6 Å². The van der Waals surface area contributed by atoms with Gasteiger partial charge < -0.3 is 15.6 Å². The standard InChI is InChI=1S/C22H25BrN2O3/c1-22(2)19(14-8-9-16(24)15(23)12-14)17-10-11-18(25(17)21(27)28-22)20(26)13-6-4-3-5-7-13/h3-9,12,17-20,26H,10-11,24H2,1-2H3/t17-,18-,19?,20-/m1/s1. The Kier molecular flexibility index (Phi) is 4.88. The summed E-state index contributed by atoms with van der Waals surface area (Å²) in [6.45, 7) is 3.91. The van der Waals surface area contributed by atoms with Gasteiger partial charge >= 0.3 is 6.09 Å². The van der Waals surface area contributed by atoms with E-state index in [0.717, 1.165) is 28.4 Å². The lowest BCUT2D eigenvalue weighted by molar-refractivity contribution is -0.0751. The zero-order valence-corrected chi connectivity index (χ0v) is 17.6. The summed E-state index contributed by atoms with van der Waals surface area (Å²) in [6.07, 6.45) is 0.468. The van der Waals surface area contributed by atoms with Crippen LogP contribution in [0.4, 0.5) is 10.5 Å². The molecule has 2 aromatic rings. The van der Waals surface area contributed by atoms with Gasteiger partial charge in [-0.2, -0.15) is 0 Å². The molecule has 2 saturated heterocycles. The fourth-order valence-corrected chi connectivity index (χ4v) is 5.21. The summed E-state index contributed by atoms with van der Waals surface area (Å²) in [4.78, 5) is 14.7. The molecule has 0 aliphatic carbocycles. The molecule has 6 heteroatoms. The van der Waals surface area contributed by atoms with Crippen molar-refractivity contribution in [1.29, 1.82) is 0 Å². The molecule has 2 aliphatic rings. The van der Waals surface area contributed by atoms with Crippen molar-refractivity contribution in [2.45, 2.75) is 56.4 Å². The highest BCUT2D eigenvalue weighted by molar-refractivity contribution is 9.10. The predicted octanol–water partition coefficient (Wildman–Crippen LogP) is 4.61. The van der Waals surface area contributed by atoms with Gasteiger partial charge in [0, 0.05) is 22.1 Å². The van der Waals surface area contributed by atoms with Crippen LogP contribution in [0.15, 0.2) is 53.0 Å². The minimum absolute atomic E-state index is 0.0185. The van der Waals surface area contributed by atoms with Crippen molar-refractivity contribution in [2.75, 3.05) is 5.73 Å². The first-order valence-electron chi connectivity index (χ1n) is 9.59. The molecule has 2 fully saturated rings. The van der Waals surface area contributed by atoms with Gasteiger partial charge in [-0.25, -0.2) is 4.79 Å². The van der Waals surface area contributed by atoms with E-state index < -0.39 is 11.7 Å². The van der Waals surface area contributed by atoms with E-state index in [1.54, 1.807) is 4.90 Å². The number of aliphatic hydroxyl groups excluding tert-OH is 1. The van der Waals surface area contributed by atoms with Crippen LogP contribution in [0.25, 0.3) is 0 Å².